The normalized spacial score (nSPS) is 16.3. The molecular weight excluding hydrogens is 310 g/mol. The number of carbonyl (C=O) groups excluding carboxylic acids is 1. The molecule has 1 aromatic rings. The number of carbonyl (C=O) groups is 1. The van der Waals surface area contributed by atoms with Crippen LogP contribution in [0.2, 0.25) is 0 Å². The van der Waals surface area contributed by atoms with Crippen LogP contribution in [0, 0.1) is 6.92 Å². The van der Waals surface area contributed by atoms with E-state index in [2.05, 4.69) is 0 Å². The number of morpholine rings is 1. The first-order chi connectivity index (χ1) is 10.4. The number of nitrogens with two attached hydrogens (primary N) is 1. The van der Waals surface area contributed by atoms with Crippen molar-refractivity contribution in [2.24, 2.45) is 5.84 Å². The number of aryl methyl sites for hydroxylation is 1. The molecule has 0 bridgehead atoms. The average molecular weight is 329 g/mol. The van der Waals surface area contributed by atoms with Crippen molar-refractivity contribution in [2.45, 2.75) is 11.8 Å². The number of hydrogen-bond donors (Lipinski definition) is 2. The highest BCUT2D eigenvalue weighted by Gasteiger charge is 2.26. The van der Waals surface area contributed by atoms with E-state index in [1.807, 2.05) is 5.43 Å². The quantitative estimate of drug-likeness (QED) is 0.423. The van der Waals surface area contributed by atoms with Gasteiger partial charge in [0.2, 0.25) is 10.0 Å². The predicted molar refractivity (Wildman–Crippen MR) is 78.6 cm³/mol. The summed E-state index contributed by atoms with van der Waals surface area (Å²) in [5.74, 6) is 4.93. The molecule has 0 unspecified atom stereocenters. The number of rotatable bonds is 5. The van der Waals surface area contributed by atoms with Gasteiger partial charge in [-0.15, -0.1) is 0 Å². The Kier molecular flexibility index (Phi) is 5.35. The summed E-state index contributed by atoms with van der Waals surface area (Å²) in [6.45, 7) is 2.97. The third-order valence-corrected chi connectivity index (χ3v) is 5.17. The highest BCUT2D eigenvalue weighted by atomic mass is 32.2. The van der Waals surface area contributed by atoms with Crippen molar-refractivity contribution in [3.05, 3.63) is 23.8 Å². The van der Waals surface area contributed by atoms with Crippen LogP contribution >= 0.6 is 0 Å². The lowest BCUT2D eigenvalue weighted by Crippen LogP contribution is -2.40. The molecule has 8 nitrogen and oxygen atoms in total. The minimum Gasteiger partial charge on any atom is -0.483 e. The van der Waals surface area contributed by atoms with Gasteiger partial charge in [-0.3, -0.25) is 10.2 Å². The molecule has 9 heteroatoms. The van der Waals surface area contributed by atoms with Gasteiger partial charge in [-0.2, -0.15) is 4.31 Å². The van der Waals surface area contributed by atoms with E-state index in [9.17, 15) is 13.2 Å². The van der Waals surface area contributed by atoms with Crippen molar-refractivity contribution in [3.63, 3.8) is 0 Å². The van der Waals surface area contributed by atoms with Crippen molar-refractivity contribution >= 4 is 15.9 Å². The molecule has 1 aliphatic rings. The molecule has 0 saturated carbocycles. The SMILES string of the molecule is Cc1cc(S(=O)(=O)N2CCOCC2)ccc1OCC(=O)NN. The van der Waals surface area contributed by atoms with Crippen LogP contribution in [0.15, 0.2) is 23.1 Å². The number of benzene rings is 1. The molecule has 1 amide bonds. The Morgan fingerprint density at radius 3 is 2.68 bits per heavy atom. The van der Waals surface area contributed by atoms with Gasteiger partial charge in [-0.1, -0.05) is 0 Å². The minimum atomic E-state index is -3.54. The zero-order valence-electron chi connectivity index (χ0n) is 12.2. The van der Waals surface area contributed by atoms with Crippen LogP contribution in [0.25, 0.3) is 0 Å². The molecule has 0 spiro atoms. The number of ether oxygens (including phenoxy) is 2. The van der Waals surface area contributed by atoms with E-state index >= 15 is 0 Å². The van der Waals surface area contributed by atoms with Crippen LogP contribution in [-0.2, 0) is 19.6 Å². The van der Waals surface area contributed by atoms with Gasteiger partial charge < -0.3 is 9.47 Å². The van der Waals surface area contributed by atoms with Gasteiger partial charge >= 0.3 is 0 Å². The Bertz CT molecular complexity index is 641. The number of nitrogens with zero attached hydrogens (tertiary/aromatic N) is 1. The second-order valence-corrected chi connectivity index (χ2v) is 6.74. The van der Waals surface area contributed by atoms with Gasteiger partial charge in [-0.05, 0) is 30.7 Å². The summed E-state index contributed by atoms with van der Waals surface area (Å²) in [7, 11) is -3.54. The summed E-state index contributed by atoms with van der Waals surface area (Å²) in [6.07, 6.45) is 0. The lowest BCUT2D eigenvalue weighted by atomic mass is 10.2. The van der Waals surface area contributed by atoms with Crippen molar-refractivity contribution in [1.29, 1.82) is 0 Å². The fourth-order valence-corrected chi connectivity index (χ4v) is 3.56. The molecule has 3 N–H and O–H groups in total. The van der Waals surface area contributed by atoms with Crippen molar-refractivity contribution in [2.75, 3.05) is 32.9 Å². The molecule has 0 aromatic heterocycles. The highest BCUT2D eigenvalue weighted by molar-refractivity contribution is 7.89. The molecular formula is C13H19N3O5S. The zero-order chi connectivity index (χ0) is 16.2. The second-order valence-electron chi connectivity index (χ2n) is 4.80. The Morgan fingerprint density at radius 2 is 2.09 bits per heavy atom. The standard InChI is InChI=1S/C13H19N3O5S/c1-10-8-11(2-3-12(10)21-9-13(17)15-14)22(18,19)16-4-6-20-7-5-16/h2-3,8H,4-7,9,14H2,1H3,(H,15,17). The van der Waals surface area contributed by atoms with E-state index < -0.39 is 15.9 Å². The smallest absolute Gasteiger partial charge is 0.271 e. The van der Waals surface area contributed by atoms with Gasteiger partial charge in [0.25, 0.3) is 5.91 Å². The van der Waals surface area contributed by atoms with Gasteiger partial charge in [0.05, 0.1) is 18.1 Å². The molecule has 0 radical (unpaired) electrons. The molecule has 2 rings (SSSR count). The number of hydrazine groups is 1. The topological polar surface area (TPSA) is 111 Å². The molecule has 1 heterocycles. The van der Waals surface area contributed by atoms with Gasteiger partial charge in [0.1, 0.15) is 5.75 Å². The first-order valence-corrected chi connectivity index (χ1v) is 8.20. The summed E-state index contributed by atoms with van der Waals surface area (Å²) in [5.41, 5.74) is 2.58. The number of sulfonamides is 1. The molecule has 22 heavy (non-hydrogen) atoms. The number of amides is 1. The van der Waals surface area contributed by atoms with Crippen LogP contribution < -0.4 is 16.0 Å². The maximum Gasteiger partial charge on any atom is 0.271 e. The lowest BCUT2D eigenvalue weighted by Gasteiger charge is -2.26. The monoisotopic (exact) mass is 329 g/mol. The molecule has 122 valence electrons. The van der Waals surface area contributed by atoms with Crippen molar-refractivity contribution in [1.82, 2.24) is 9.73 Å². The Morgan fingerprint density at radius 1 is 1.41 bits per heavy atom. The summed E-state index contributed by atoms with van der Waals surface area (Å²) >= 11 is 0. The lowest BCUT2D eigenvalue weighted by molar-refractivity contribution is -0.123. The fourth-order valence-electron chi connectivity index (χ4n) is 2.07. The highest BCUT2D eigenvalue weighted by Crippen LogP contribution is 2.24. The second kappa shape index (κ2) is 7.05. The van der Waals surface area contributed by atoms with Gasteiger partial charge in [-0.25, -0.2) is 14.3 Å². The van der Waals surface area contributed by atoms with Crippen molar-refractivity contribution < 1.29 is 22.7 Å². The summed E-state index contributed by atoms with van der Waals surface area (Å²) in [4.78, 5) is 11.3. The summed E-state index contributed by atoms with van der Waals surface area (Å²) < 4.78 is 36.9. The van der Waals surface area contributed by atoms with E-state index in [-0.39, 0.29) is 11.5 Å². The first-order valence-electron chi connectivity index (χ1n) is 6.76. The first kappa shape index (κ1) is 16.7. The largest absolute Gasteiger partial charge is 0.483 e. The van der Waals surface area contributed by atoms with E-state index in [4.69, 9.17) is 15.3 Å². The number of nitrogens with one attached hydrogen (secondary N) is 1. The molecule has 1 aliphatic heterocycles. The molecule has 0 atom stereocenters. The summed E-state index contributed by atoms with van der Waals surface area (Å²) in [6, 6.07) is 4.53. The average Bonchev–Trinajstić information content (AvgIpc) is 2.54. The van der Waals surface area contributed by atoms with Gasteiger partial charge in [0.15, 0.2) is 6.61 Å². The molecule has 1 fully saturated rings. The number of hydrogen-bond acceptors (Lipinski definition) is 6. The third-order valence-electron chi connectivity index (χ3n) is 3.27. The van der Waals surface area contributed by atoms with Crippen molar-refractivity contribution in [3.8, 4) is 5.75 Å². The van der Waals surface area contributed by atoms with E-state index in [1.54, 1.807) is 6.92 Å². The van der Waals surface area contributed by atoms with Crippen LogP contribution in [0.5, 0.6) is 5.75 Å². The molecule has 0 aliphatic carbocycles. The summed E-state index contributed by atoms with van der Waals surface area (Å²) in [5, 5.41) is 0. The van der Waals surface area contributed by atoms with Gasteiger partial charge in [0, 0.05) is 13.1 Å². The fraction of sp³-hybridized carbons (Fsp3) is 0.462. The molecule has 1 saturated heterocycles. The Hall–Kier alpha value is -1.68. The van der Waals surface area contributed by atoms with E-state index in [0.29, 0.717) is 37.6 Å². The van der Waals surface area contributed by atoms with E-state index in [0.717, 1.165) is 0 Å². The van der Waals surface area contributed by atoms with E-state index in [1.165, 1.54) is 22.5 Å². The Balaban J connectivity index is 2.15. The zero-order valence-corrected chi connectivity index (χ0v) is 13.1. The Labute approximate surface area is 129 Å². The minimum absolute atomic E-state index is 0.197. The maximum atomic E-state index is 12.5. The van der Waals surface area contributed by atoms with Crippen LogP contribution in [0.3, 0.4) is 0 Å². The van der Waals surface area contributed by atoms with Crippen LogP contribution in [0.4, 0.5) is 0 Å². The molecule has 1 aromatic carbocycles. The predicted octanol–water partition coefficient (Wildman–Crippen LogP) is -0.615. The third kappa shape index (κ3) is 3.74. The van der Waals surface area contributed by atoms with Crippen LogP contribution in [0.1, 0.15) is 5.56 Å². The van der Waals surface area contributed by atoms with Crippen LogP contribution in [-0.4, -0.2) is 51.5 Å². The maximum absolute atomic E-state index is 12.5.